The second-order valence-corrected chi connectivity index (χ2v) is 3.30. The van der Waals surface area contributed by atoms with Crippen LogP contribution in [0.1, 0.15) is 10.5 Å². The number of nitrogens with zero attached hydrogens (tertiary/aromatic N) is 1. The summed E-state index contributed by atoms with van der Waals surface area (Å²) >= 11 is 3.19. The highest BCUT2D eigenvalue weighted by Gasteiger charge is 2.09. The highest BCUT2D eigenvalue weighted by Crippen LogP contribution is 2.21. The number of aromatic carboxylic acids is 1. The topological polar surface area (TPSA) is 66.0 Å². The molecule has 4 nitrogen and oxygen atoms in total. The quantitative estimate of drug-likeness (QED) is 0.750. The molecule has 2 aromatic rings. The molecule has 0 aliphatic rings. The Kier molecular flexibility index (Phi) is 1.81. The van der Waals surface area contributed by atoms with E-state index in [1.807, 2.05) is 0 Å². The molecule has 5 heteroatoms. The van der Waals surface area contributed by atoms with Crippen LogP contribution in [-0.4, -0.2) is 21.0 Å². The van der Waals surface area contributed by atoms with Crippen molar-refractivity contribution < 1.29 is 9.90 Å². The normalized spacial score (nSPS) is 10.5. The Labute approximate surface area is 81.7 Å². The average Bonchev–Trinajstić information content (AvgIpc) is 2.51. The van der Waals surface area contributed by atoms with E-state index in [9.17, 15) is 4.79 Å². The van der Waals surface area contributed by atoms with Gasteiger partial charge in [-0.15, -0.1) is 0 Å². The van der Waals surface area contributed by atoms with Gasteiger partial charge in [0.25, 0.3) is 0 Å². The number of carboxylic acid groups (broad SMARTS) is 1. The third kappa shape index (κ3) is 1.31. The number of halogens is 1. The Morgan fingerprint density at radius 2 is 2.38 bits per heavy atom. The summed E-state index contributed by atoms with van der Waals surface area (Å²) in [5, 5.41) is 9.55. The molecule has 2 heterocycles. The number of hydrogen-bond donors (Lipinski definition) is 2. The zero-order valence-electron chi connectivity index (χ0n) is 6.41. The summed E-state index contributed by atoms with van der Waals surface area (Å²) in [5.41, 5.74) is 0.851. The third-order valence-corrected chi connectivity index (χ3v) is 2.29. The van der Waals surface area contributed by atoms with E-state index in [-0.39, 0.29) is 5.69 Å². The Morgan fingerprint density at radius 3 is 3.08 bits per heavy atom. The van der Waals surface area contributed by atoms with E-state index in [1.165, 1.54) is 6.07 Å². The van der Waals surface area contributed by atoms with E-state index in [4.69, 9.17) is 5.11 Å². The van der Waals surface area contributed by atoms with Crippen molar-refractivity contribution in [3.63, 3.8) is 0 Å². The molecule has 0 radical (unpaired) electrons. The zero-order valence-corrected chi connectivity index (χ0v) is 8.00. The van der Waals surface area contributed by atoms with Crippen molar-refractivity contribution >= 4 is 32.8 Å². The molecule has 2 rings (SSSR count). The molecule has 0 saturated carbocycles. The summed E-state index contributed by atoms with van der Waals surface area (Å²) in [5.74, 6) is -1.02. The first kappa shape index (κ1) is 8.25. The molecular formula is C8H5BrN2O2. The average molecular weight is 241 g/mol. The van der Waals surface area contributed by atoms with E-state index in [0.717, 1.165) is 10.9 Å². The maximum absolute atomic E-state index is 10.6. The number of nitrogens with one attached hydrogen (secondary N) is 1. The minimum absolute atomic E-state index is 0.0407. The Balaban J connectivity index is 2.77. The number of aromatic amines is 1. The molecule has 0 spiro atoms. The van der Waals surface area contributed by atoms with Crippen LogP contribution in [0.2, 0.25) is 0 Å². The Morgan fingerprint density at radius 1 is 1.62 bits per heavy atom. The van der Waals surface area contributed by atoms with Gasteiger partial charge in [0.15, 0.2) is 0 Å². The van der Waals surface area contributed by atoms with Gasteiger partial charge >= 0.3 is 5.97 Å². The van der Waals surface area contributed by atoms with Crippen LogP contribution < -0.4 is 0 Å². The van der Waals surface area contributed by atoms with Crippen molar-refractivity contribution in [2.45, 2.75) is 0 Å². The molecule has 13 heavy (non-hydrogen) atoms. The van der Waals surface area contributed by atoms with Gasteiger partial charge in [-0.3, -0.25) is 0 Å². The van der Waals surface area contributed by atoms with Crippen LogP contribution in [0.15, 0.2) is 22.9 Å². The fraction of sp³-hybridized carbons (Fsp3) is 0. The molecule has 0 atom stereocenters. The van der Waals surface area contributed by atoms with E-state index in [0.29, 0.717) is 4.60 Å². The van der Waals surface area contributed by atoms with Crippen molar-refractivity contribution in [2.24, 2.45) is 0 Å². The van der Waals surface area contributed by atoms with Gasteiger partial charge in [0, 0.05) is 11.6 Å². The number of aromatic nitrogens is 2. The first-order valence-electron chi connectivity index (χ1n) is 3.55. The summed E-state index contributed by atoms with van der Waals surface area (Å²) < 4.78 is 0.521. The van der Waals surface area contributed by atoms with Gasteiger partial charge in [0.05, 0.1) is 5.52 Å². The number of H-pyrrole nitrogens is 1. The molecule has 66 valence electrons. The summed E-state index contributed by atoms with van der Waals surface area (Å²) in [4.78, 5) is 17.4. The van der Waals surface area contributed by atoms with Crippen molar-refractivity contribution in [1.82, 2.24) is 9.97 Å². The van der Waals surface area contributed by atoms with Gasteiger partial charge in [-0.1, -0.05) is 0 Å². The van der Waals surface area contributed by atoms with Gasteiger partial charge < -0.3 is 10.1 Å². The third-order valence-electron chi connectivity index (χ3n) is 1.72. The molecule has 0 unspecified atom stereocenters. The lowest BCUT2D eigenvalue weighted by molar-refractivity contribution is 0.0690. The van der Waals surface area contributed by atoms with Gasteiger partial charge in [-0.25, -0.2) is 9.78 Å². The van der Waals surface area contributed by atoms with Crippen LogP contribution in [0.25, 0.3) is 10.9 Å². The molecule has 0 bridgehead atoms. The Hall–Kier alpha value is -1.36. The lowest BCUT2D eigenvalue weighted by atomic mass is 10.2. The maximum Gasteiger partial charge on any atom is 0.354 e. The minimum atomic E-state index is -1.02. The van der Waals surface area contributed by atoms with Crippen LogP contribution in [0, 0.1) is 0 Å². The van der Waals surface area contributed by atoms with Crippen molar-refractivity contribution in [3.05, 3.63) is 28.6 Å². The minimum Gasteiger partial charge on any atom is -0.477 e. The van der Waals surface area contributed by atoms with E-state index in [1.54, 1.807) is 12.3 Å². The summed E-state index contributed by atoms with van der Waals surface area (Å²) in [7, 11) is 0. The molecule has 0 saturated heterocycles. The van der Waals surface area contributed by atoms with Gasteiger partial charge in [0.2, 0.25) is 0 Å². The van der Waals surface area contributed by atoms with Crippen molar-refractivity contribution in [1.29, 1.82) is 0 Å². The number of rotatable bonds is 1. The van der Waals surface area contributed by atoms with Gasteiger partial charge in [-0.2, -0.15) is 0 Å². The van der Waals surface area contributed by atoms with Crippen LogP contribution in [0.4, 0.5) is 0 Å². The smallest absolute Gasteiger partial charge is 0.354 e. The fourth-order valence-electron chi connectivity index (χ4n) is 1.13. The predicted octanol–water partition coefficient (Wildman–Crippen LogP) is 2.02. The summed E-state index contributed by atoms with van der Waals surface area (Å²) in [6, 6.07) is 3.33. The lowest BCUT2D eigenvalue weighted by Crippen LogP contribution is -1.99. The molecule has 0 aromatic carbocycles. The maximum atomic E-state index is 10.6. The lowest BCUT2D eigenvalue weighted by Gasteiger charge is -1.96. The second-order valence-electron chi connectivity index (χ2n) is 2.55. The van der Waals surface area contributed by atoms with Crippen LogP contribution >= 0.6 is 15.9 Å². The van der Waals surface area contributed by atoms with Gasteiger partial charge in [-0.05, 0) is 28.1 Å². The zero-order chi connectivity index (χ0) is 9.42. The molecule has 0 amide bonds. The van der Waals surface area contributed by atoms with E-state index >= 15 is 0 Å². The van der Waals surface area contributed by atoms with Crippen molar-refractivity contribution in [2.75, 3.05) is 0 Å². The number of hydrogen-bond acceptors (Lipinski definition) is 2. The van der Waals surface area contributed by atoms with E-state index < -0.39 is 5.97 Å². The SMILES string of the molecule is O=C(O)c1cc2cc[nH]c2c(Br)n1. The fourth-order valence-corrected chi connectivity index (χ4v) is 1.67. The van der Waals surface area contributed by atoms with Gasteiger partial charge in [0.1, 0.15) is 10.3 Å². The van der Waals surface area contributed by atoms with Crippen molar-refractivity contribution in [3.8, 4) is 0 Å². The largest absolute Gasteiger partial charge is 0.477 e. The molecule has 2 aromatic heterocycles. The first-order valence-corrected chi connectivity index (χ1v) is 4.34. The van der Waals surface area contributed by atoms with Crippen LogP contribution in [0.5, 0.6) is 0 Å². The molecule has 0 fully saturated rings. The number of fused-ring (bicyclic) bond motifs is 1. The monoisotopic (exact) mass is 240 g/mol. The van der Waals surface area contributed by atoms with Crippen LogP contribution in [-0.2, 0) is 0 Å². The molecular weight excluding hydrogens is 236 g/mol. The Bertz CT molecular complexity index is 478. The van der Waals surface area contributed by atoms with Crippen LogP contribution in [0.3, 0.4) is 0 Å². The highest BCUT2D eigenvalue weighted by atomic mass is 79.9. The predicted molar refractivity (Wildman–Crippen MR) is 50.8 cm³/mol. The van der Waals surface area contributed by atoms with E-state index in [2.05, 4.69) is 25.9 Å². The summed E-state index contributed by atoms with van der Waals surface area (Å²) in [6.07, 6.45) is 1.74. The number of pyridine rings is 1. The number of carboxylic acids is 1. The highest BCUT2D eigenvalue weighted by molar-refractivity contribution is 9.10. The summed E-state index contributed by atoms with van der Waals surface area (Å²) in [6.45, 7) is 0. The molecule has 2 N–H and O–H groups in total. The molecule has 0 aliphatic carbocycles. The second kappa shape index (κ2) is 2.85. The standard InChI is InChI=1S/C8H5BrN2O2/c9-7-6-4(1-2-10-6)3-5(11-7)8(12)13/h1-3,10H,(H,12,13). The number of carbonyl (C=O) groups is 1. The molecule has 0 aliphatic heterocycles. The first-order chi connectivity index (χ1) is 6.18.